The van der Waals surface area contributed by atoms with Crippen LogP contribution in [0.25, 0.3) is 0 Å². The highest BCUT2D eigenvalue weighted by molar-refractivity contribution is 5.87. The average Bonchev–Trinajstić information content (AvgIpc) is 3.16. The Hall–Kier alpha value is -2.82. The van der Waals surface area contributed by atoms with Crippen LogP contribution in [0.1, 0.15) is 56.8 Å². The molecule has 11 heteroatoms. The fourth-order valence-corrected chi connectivity index (χ4v) is 4.53. The van der Waals surface area contributed by atoms with E-state index in [0.29, 0.717) is 25.6 Å². The maximum absolute atomic E-state index is 13.5. The lowest BCUT2D eigenvalue weighted by Gasteiger charge is -2.44. The van der Waals surface area contributed by atoms with Crippen LogP contribution in [-0.4, -0.2) is 75.2 Å². The van der Waals surface area contributed by atoms with Crippen molar-refractivity contribution in [2.24, 2.45) is 5.41 Å². The van der Waals surface area contributed by atoms with Gasteiger partial charge in [0.05, 0.1) is 28.4 Å². The number of carbonyl (C=O) groups is 1. The van der Waals surface area contributed by atoms with Crippen LogP contribution in [0, 0.1) is 12.3 Å². The number of anilines is 3. The first-order chi connectivity index (χ1) is 16.1. The van der Waals surface area contributed by atoms with Gasteiger partial charge < -0.3 is 20.4 Å². The molecule has 2 saturated heterocycles. The SMILES string of the molecule is Cc1nn(C2CCN(C)CC2)cc1Nc1ncc(C(F)F)c(NCCCN2CC(C)(C)C2=O)n1. The number of halogens is 2. The zero-order valence-electron chi connectivity index (χ0n) is 20.3. The number of likely N-dealkylation sites (tertiary alicyclic amines) is 2. The number of alkyl halides is 2. The van der Waals surface area contributed by atoms with Gasteiger partial charge in [-0.25, -0.2) is 13.8 Å². The molecule has 4 heterocycles. The molecule has 0 aliphatic carbocycles. The summed E-state index contributed by atoms with van der Waals surface area (Å²) < 4.78 is 29.0. The molecule has 0 spiro atoms. The third-order valence-electron chi connectivity index (χ3n) is 6.63. The number of aryl methyl sites for hydroxylation is 1. The summed E-state index contributed by atoms with van der Waals surface area (Å²) in [6.07, 6.45) is 3.11. The minimum absolute atomic E-state index is 0.100. The summed E-state index contributed by atoms with van der Waals surface area (Å²) in [4.78, 5) is 24.5. The van der Waals surface area contributed by atoms with Gasteiger partial charge in [-0.3, -0.25) is 9.48 Å². The quantitative estimate of drug-likeness (QED) is 0.422. The van der Waals surface area contributed by atoms with Gasteiger partial charge in [-0.1, -0.05) is 0 Å². The number of aromatic nitrogens is 4. The number of nitrogens with one attached hydrogen (secondary N) is 2. The molecule has 2 aliphatic heterocycles. The summed E-state index contributed by atoms with van der Waals surface area (Å²) in [5.41, 5.74) is 1.03. The Morgan fingerprint density at radius 1 is 1.26 bits per heavy atom. The van der Waals surface area contributed by atoms with Crippen molar-refractivity contribution >= 4 is 23.4 Å². The van der Waals surface area contributed by atoms with E-state index in [4.69, 9.17) is 0 Å². The molecular weight excluding hydrogens is 442 g/mol. The minimum atomic E-state index is -2.69. The maximum Gasteiger partial charge on any atom is 0.268 e. The Kier molecular flexibility index (Phi) is 7.01. The lowest BCUT2D eigenvalue weighted by atomic mass is 9.83. The Balaban J connectivity index is 1.38. The van der Waals surface area contributed by atoms with Crippen molar-refractivity contribution in [3.05, 3.63) is 23.7 Å². The van der Waals surface area contributed by atoms with Crippen LogP contribution in [0.2, 0.25) is 0 Å². The van der Waals surface area contributed by atoms with E-state index < -0.39 is 6.43 Å². The summed E-state index contributed by atoms with van der Waals surface area (Å²) in [5, 5.41) is 10.8. The van der Waals surface area contributed by atoms with Crippen molar-refractivity contribution in [3.8, 4) is 0 Å². The Morgan fingerprint density at radius 2 is 2.00 bits per heavy atom. The predicted molar refractivity (Wildman–Crippen MR) is 126 cm³/mol. The van der Waals surface area contributed by atoms with Crippen molar-refractivity contribution in [1.29, 1.82) is 0 Å². The third kappa shape index (κ3) is 5.29. The second-order valence-electron chi connectivity index (χ2n) is 9.96. The molecule has 0 bridgehead atoms. The van der Waals surface area contributed by atoms with E-state index in [2.05, 4.69) is 37.6 Å². The number of hydrogen-bond acceptors (Lipinski definition) is 7. The highest BCUT2D eigenvalue weighted by Crippen LogP contribution is 2.31. The Morgan fingerprint density at radius 3 is 2.65 bits per heavy atom. The number of amides is 1. The summed E-state index contributed by atoms with van der Waals surface area (Å²) >= 11 is 0. The normalized spacial score (nSPS) is 18.9. The van der Waals surface area contributed by atoms with Gasteiger partial charge in [0.25, 0.3) is 6.43 Å². The minimum Gasteiger partial charge on any atom is -0.369 e. The zero-order chi connectivity index (χ0) is 24.5. The summed E-state index contributed by atoms with van der Waals surface area (Å²) in [7, 11) is 2.12. The summed E-state index contributed by atoms with van der Waals surface area (Å²) in [6.45, 7) is 9.55. The molecule has 2 aromatic rings. The number of carbonyl (C=O) groups excluding carboxylic acids is 1. The highest BCUT2D eigenvalue weighted by Gasteiger charge is 2.43. The van der Waals surface area contributed by atoms with Crippen molar-refractivity contribution in [1.82, 2.24) is 29.5 Å². The average molecular weight is 477 g/mol. The molecule has 34 heavy (non-hydrogen) atoms. The molecule has 186 valence electrons. The lowest BCUT2D eigenvalue weighted by Crippen LogP contribution is -2.58. The Labute approximate surface area is 198 Å². The molecule has 0 saturated carbocycles. The van der Waals surface area contributed by atoms with Crippen LogP contribution in [0.4, 0.5) is 26.2 Å². The van der Waals surface area contributed by atoms with Crippen LogP contribution in [0.15, 0.2) is 12.4 Å². The van der Waals surface area contributed by atoms with Crippen LogP contribution in [0.5, 0.6) is 0 Å². The molecule has 9 nitrogen and oxygen atoms in total. The summed E-state index contributed by atoms with van der Waals surface area (Å²) in [6, 6.07) is 0.341. The van der Waals surface area contributed by atoms with Crippen LogP contribution in [0.3, 0.4) is 0 Å². The molecule has 1 amide bonds. The number of rotatable bonds is 9. The fourth-order valence-electron chi connectivity index (χ4n) is 4.53. The molecule has 0 unspecified atom stereocenters. The van der Waals surface area contributed by atoms with Gasteiger partial charge in [-0.05, 0) is 60.2 Å². The fraction of sp³-hybridized carbons (Fsp3) is 0.652. The number of nitrogens with zero attached hydrogens (tertiary/aromatic N) is 6. The molecule has 4 rings (SSSR count). The topological polar surface area (TPSA) is 91.2 Å². The van der Waals surface area contributed by atoms with Crippen LogP contribution >= 0.6 is 0 Å². The van der Waals surface area contributed by atoms with Crippen molar-refractivity contribution in [3.63, 3.8) is 0 Å². The standard InChI is InChI=1S/C23H34F2N8O/c1-15-18(13-33(30-15)16-6-10-31(4)11-7-16)28-22-27-12-17(19(24)25)20(29-22)26-8-5-9-32-14-23(2,3)21(32)34/h12-13,16,19H,5-11,14H2,1-4H3,(H2,26,27,28,29). The molecule has 2 aromatic heterocycles. The largest absolute Gasteiger partial charge is 0.369 e. The van der Waals surface area contributed by atoms with Gasteiger partial charge in [0.1, 0.15) is 5.82 Å². The van der Waals surface area contributed by atoms with Gasteiger partial charge in [0, 0.05) is 32.0 Å². The second-order valence-corrected chi connectivity index (χ2v) is 9.96. The van der Waals surface area contributed by atoms with Crippen molar-refractivity contribution in [2.75, 3.05) is 50.4 Å². The first-order valence-electron chi connectivity index (χ1n) is 11.8. The third-order valence-corrected chi connectivity index (χ3v) is 6.63. The van der Waals surface area contributed by atoms with Gasteiger partial charge in [0.15, 0.2) is 0 Å². The second kappa shape index (κ2) is 9.81. The van der Waals surface area contributed by atoms with Gasteiger partial charge in [0.2, 0.25) is 11.9 Å². The smallest absolute Gasteiger partial charge is 0.268 e. The molecule has 0 aromatic carbocycles. The van der Waals surface area contributed by atoms with E-state index in [1.54, 1.807) is 4.90 Å². The molecule has 0 radical (unpaired) electrons. The molecular formula is C23H34F2N8O. The zero-order valence-corrected chi connectivity index (χ0v) is 20.3. The van der Waals surface area contributed by atoms with Crippen LogP contribution < -0.4 is 10.6 Å². The molecule has 0 atom stereocenters. The molecule has 2 aliphatic rings. The van der Waals surface area contributed by atoms with Gasteiger partial charge in [-0.15, -0.1) is 0 Å². The first-order valence-corrected chi connectivity index (χ1v) is 11.8. The van der Waals surface area contributed by atoms with Gasteiger partial charge in [-0.2, -0.15) is 10.1 Å². The van der Waals surface area contributed by atoms with E-state index in [0.717, 1.165) is 50.1 Å². The number of piperidine rings is 1. The monoisotopic (exact) mass is 476 g/mol. The van der Waals surface area contributed by atoms with E-state index in [1.165, 1.54) is 0 Å². The van der Waals surface area contributed by atoms with E-state index >= 15 is 0 Å². The maximum atomic E-state index is 13.5. The van der Waals surface area contributed by atoms with Crippen molar-refractivity contribution < 1.29 is 13.6 Å². The van der Waals surface area contributed by atoms with Crippen molar-refractivity contribution in [2.45, 2.75) is 52.5 Å². The van der Waals surface area contributed by atoms with E-state index in [-0.39, 0.29) is 28.7 Å². The highest BCUT2D eigenvalue weighted by atomic mass is 19.3. The predicted octanol–water partition coefficient (Wildman–Crippen LogP) is 3.60. The molecule has 2 fully saturated rings. The summed E-state index contributed by atoms with van der Waals surface area (Å²) in [5.74, 6) is 0.464. The van der Waals surface area contributed by atoms with E-state index in [9.17, 15) is 13.6 Å². The first kappa shape index (κ1) is 24.3. The van der Waals surface area contributed by atoms with Crippen LogP contribution in [-0.2, 0) is 4.79 Å². The number of β-lactam (4-membered cyclic amide) rings is 1. The molecule has 2 N–H and O–H groups in total. The van der Waals surface area contributed by atoms with E-state index in [1.807, 2.05) is 31.6 Å². The Bertz CT molecular complexity index is 1020. The van der Waals surface area contributed by atoms with Gasteiger partial charge >= 0.3 is 0 Å². The lowest BCUT2D eigenvalue weighted by molar-refractivity contribution is -0.156. The number of hydrogen-bond donors (Lipinski definition) is 2.